The first-order valence-electron chi connectivity index (χ1n) is 10.1. The van der Waals surface area contributed by atoms with Crippen LogP contribution in [0.1, 0.15) is 5.56 Å². The quantitative estimate of drug-likeness (QED) is 0.343. The molecule has 10 heteroatoms. The Hall–Kier alpha value is -3.63. The number of fused-ring (bicyclic) bond motifs is 1. The number of nitrogens with one attached hydrogen (secondary N) is 3. The monoisotopic (exact) mass is 482 g/mol. The molecular formula is C23H22N4O4S2. The number of anilines is 2. The second-order valence-electron chi connectivity index (χ2n) is 7.08. The number of hydrogen-bond acceptors (Lipinski definition) is 6. The summed E-state index contributed by atoms with van der Waals surface area (Å²) in [5, 5.41) is 5.82. The van der Waals surface area contributed by atoms with Gasteiger partial charge in [0.25, 0.3) is 10.0 Å². The number of sulfonamides is 1. The first kappa shape index (κ1) is 22.6. The van der Waals surface area contributed by atoms with Crippen LogP contribution in [0.15, 0.2) is 77.7 Å². The van der Waals surface area contributed by atoms with Gasteiger partial charge in [0, 0.05) is 18.3 Å². The van der Waals surface area contributed by atoms with Crippen LogP contribution in [-0.2, 0) is 16.4 Å². The zero-order valence-corrected chi connectivity index (χ0v) is 19.4. The molecule has 0 unspecified atom stereocenters. The summed E-state index contributed by atoms with van der Waals surface area (Å²) in [4.78, 5) is 16.8. The maximum absolute atomic E-state index is 12.6. The Labute approximate surface area is 195 Å². The molecule has 0 fully saturated rings. The summed E-state index contributed by atoms with van der Waals surface area (Å²) in [5.41, 5.74) is 2.15. The van der Waals surface area contributed by atoms with Gasteiger partial charge in [0.15, 0.2) is 5.13 Å². The lowest BCUT2D eigenvalue weighted by atomic mass is 10.1. The second-order valence-corrected chi connectivity index (χ2v) is 9.79. The van der Waals surface area contributed by atoms with Crippen molar-refractivity contribution in [1.82, 2.24) is 10.3 Å². The van der Waals surface area contributed by atoms with Gasteiger partial charge in [-0.15, -0.1) is 0 Å². The van der Waals surface area contributed by atoms with Crippen molar-refractivity contribution in [1.29, 1.82) is 0 Å². The predicted molar refractivity (Wildman–Crippen MR) is 131 cm³/mol. The van der Waals surface area contributed by atoms with Gasteiger partial charge in [0.05, 0.1) is 16.7 Å². The molecule has 0 aliphatic carbocycles. The van der Waals surface area contributed by atoms with E-state index in [1.807, 2.05) is 30.3 Å². The molecule has 4 rings (SSSR count). The van der Waals surface area contributed by atoms with Gasteiger partial charge >= 0.3 is 6.03 Å². The minimum absolute atomic E-state index is 0.144. The van der Waals surface area contributed by atoms with Crippen molar-refractivity contribution in [3.63, 3.8) is 0 Å². The normalized spacial score (nSPS) is 11.2. The number of nitrogens with zero attached hydrogens (tertiary/aromatic N) is 1. The fraction of sp³-hybridized carbons (Fsp3) is 0.130. The van der Waals surface area contributed by atoms with Crippen molar-refractivity contribution in [2.75, 3.05) is 23.7 Å². The van der Waals surface area contributed by atoms with Gasteiger partial charge in [0.1, 0.15) is 11.3 Å². The van der Waals surface area contributed by atoms with Gasteiger partial charge in [-0.1, -0.05) is 59.9 Å². The zero-order chi connectivity index (χ0) is 23.3. The van der Waals surface area contributed by atoms with E-state index in [9.17, 15) is 13.2 Å². The van der Waals surface area contributed by atoms with Gasteiger partial charge in [0.2, 0.25) is 0 Å². The van der Waals surface area contributed by atoms with E-state index in [-0.39, 0.29) is 16.1 Å². The highest BCUT2D eigenvalue weighted by Gasteiger charge is 2.18. The molecular weight excluding hydrogens is 460 g/mol. The number of ether oxygens (including phenoxy) is 1. The van der Waals surface area contributed by atoms with Crippen molar-refractivity contribution in [3.05, 3.63) is 78.4 Å². The van der Waals surface area contributed by atoms with Crippen LogP contribution in [0.4, 0.5) is 15.6 Å². The molecule has 3 aromatic carbocycles. The van der Waals surface area contributed by atoms with Gasteiger partial charge in [-0.2, -0.15) is 0 Å². The molecule has 0 atom stereocenters. The number of hydrogen-bond donors (Lipinski definition) is 3. The largest absolute Gasteiger partial charge is 0.494 e. The van der Waals surface area contributed by atoms with E-state index in [1.165, 1.54) is 19.2 Å². The van der Waals surface area contributed by atoms with Crippen LogP contribution in [0, 0.1) is 0 Å². The number of urea groups is 1. The van der Waals surface area contributed by atoms with Crippen molar-refractivity contribution in [3.8, 4) is 5.75 Å². The first-order valence-corrected chi connectivity index (χ1v) is 12.4. The molecule has 0 spiro atoms. The molecule has 0 aliphatic rings. The highest BCUT2D eigenvalue weighted by Crippen LogP contribution is 2.36. The summed E-state index contributed by atoms with van der Waals surface area (Å²) in [7, 11) is -2.27. The Bertz CT molecular complexity index is 1360. The highest BCUT2D eigenvalue weighted by atomic mass is 32.2. The summed E-state index contributed by atoms with van der Waals surface area (Å²) >= 11 is 1.15. The molecule has 8 nitrogen and oxygen atoms in total. The topological polar surface area (TPSA) is 109 Å². The number of amides is 2. The molecule has 170 valence electrons. The molecule has 3 N–H and O–H groups in total. The second kappa shape index (κ2) is 9.88. The van der Waals surface area contributed by atoms with Crippen LogP contribution in [0.2, 0.25) is 0 Å². The third kappa shape index (κ3) is 5.60. The Morgan fingerprint density at radius 3 is 2.42 bits per heavy atom. The minimum Gasteiger partial charge on any atom is -0.494 e. The minimum atomic E-state index is -3.77. The summed E-state index contributed by atoms with van der Waals surface area (Å²) in [6, 6.07) is 21.0. The lowest BCUT2D eigenvalue weighted by Gasteiger charge is -2.09. The standard InChI is InChI=1S/C23H22N4O4S2/c1-31-19-14-17(25-22(28)24-13-12-16-8-4-2-5-9-16)15-20-21(19)26-23(32-20)27-33(29,30)18-10-6-3-7-11-18/h2-11,14-15H,12-13H2,1H3,(H,26,27)(H2,24,25,28). The van der Waals surface area contributed by atoms with E-state index in [0.29, 0.717) is 28.2 Å². The lowest BCUT2D eigenvalue weighted by Crippen LogP contribution is -2.30. The number of methoxy groups -OCH3 is 1. The van der Waals surface area contributed by atoms with Crippen LogP contribution >= 0.6 is 11.3 Å². The van der Waals surface area contributed by atoms with Crippen molar-refractivity contribution in [2.24, 2.45) is 0 Å². The Balaban J connectivity index is 1.47. The van der Waals surface area contributed by atoms with Crippen molar-refractivity contribution < 1.29 is 17.9 Å². The maximum atomic E-state index is 12.6. The summed E-state index contributed by atoms with van der Waals surface area (Å²) in [5.74, 6) is 0.425. The van der Waals surface area contributed by atoms with Crippen molar-refractivity contribution >= 4 is 48.4 Å². The fourth-order valence-electron chi connectivity index (χ4n) is 3.18. The molecule has 1 heterocycles. The number of rotatable bonds is 8. The molecule has 0 aliphatic heterocycles. The van der Waals surface area contributed by atoms with Gasteiger partial charge in [-0.3, -0.25) is 4.72 Å². The molecule has 1 aromatic heterocycles. The fourth-order valence-corrected chi connectivity index (χ4v) is 5.36. The van der Waals surface area contributed by atoms with Gasteiger partial charge in [-0.05, 0) is 30.2 Å². The molecule has 0 saturated heterocycles. The molecule has 33 heavy (non-hydrogen) atoms. The first-order chi connectivity index (χ1) is 15.9. The number of benzene rings is 3. The molecule has 0 bridgehead atoms. The predicted octanol–water partition coefficient (Wildman–Crippen LogP) is 4.47. The number of carbonyl (C=O) groups excluding carboxylic acids is 1. The zero-order valence-electron chi connectivity index (χ0n) is 17.7. The van der Waals surface area contributed by atoms with E-state index < -0.39 is 10.0 Å². The van der Waals surface area contributed by atoms with E-state index in [4.69, 9.17) is 4.74 Å². The van der Waals surface area contributed by atoms with Gasteiger partial charge in [-0.25, -0.2) is 18.2 Å². The Kier molecular flexibility index (Phi) is 6.76. The highest BCUT2D eigenvalue weighted by molar-refractivity contribution is 7.93. The average molecular weight is 483 g/mol. The Morgan fingerprint density at radius 2 is 1.73 bits per heavy atom. The molecule has 0 saturated carbocycles. The Morgan fingerprint density at radius 1 is 1.03 bits per heavy atom. The van der Waals surface area contributed by atoms with Crippen molar-refractivity contribution in [2.45, 2.75) is 11.3 Å². The number of carbonyl (C=O) groups is 1. The van der Waals surface area contributed by atoms with Crippen LogP contribution in [0.5, 0.6) is 5.75 Å². The summed E-state index contributed by atoms with van der Waals surface area (Å²) in [6.45, 7) is 0.487. The maximum Gasteiger partial charge on any atom is 0.319 e. The smallest absolute Gasteiger partial charge is 0.319 e. The average Bonchev–Trinajstić information content (AvgIpc) is 3.21. The van der Waals surface area contributed by atoms with E-state index in [0.717, 1.165) is 23.3 Å². The number of thiazole rings is 1. The summed E-state index contributed by atoms with van der Waals surface area (Å²) < 4.78 is 33.8. The van der Waals surface area contributed by atoms with Gasteiger partial charge < -0.3 is 15.4 Å². The van der Waals surface area contributed by atoms with E-state index in [1.54, 1.807) is 30.3 Å². The molecule has 0 radical (unpaired) electrons. The molecule has 2 amide bonds. The van der Waals surface area contributed by atoms with Crippen LogP contribution in [-0.4, -0.2) is 33.1 Å². The summed E-state index contributed by atoms with van der Waals surface area (Å²) in [6.07, 6.45) is 0.719. The third-order valence-electron chi connectivity index (χ3n) is 4.75. The number of aromatic nitrogens is 1. The molecule has 4 aromatic rings. The third-order valence-corrected chi connectivity index (χ3v) is 7.16. The van der Waals surface area contributed by atoms with Crippen LogP contribution in [0.3, 0.4) is 0 Å². The van der Waals surface area contributed by atoms with E-state index in [2.05, 4.69) is 20.3 Å². The lowest BCUT2D eigenvalue weighted by molar-refractivity contribution is 0.252. The van der Waals surface area contributed by atoms with Crippen LogP contribution < -0.4 is 20.1 Å². The van der Waals surface area contributed by atoms with E-state index >= 15 is 0 Å². The SMILES string of the molecule is COc1cc(NC(=O)NCCc2ccccc2)cc2sc(NS(=O)(=O)c3ccccc3)nc12. The van der Waals surface area contributed by atoms with Crippen LogP contribution in [0.25, 0.3) is 10.2 Å².